The zero-order valence-electron chi connectivity index (χ0n) is 12.3. The fourth-order valence-corrected chi connectivity index (χ4v) is 2.44. The molecule has 0 aliphatic heterocycles. The average molecular weight is 299 g/mol. The lowest BCUT2D eigenvalue weighted by Crippen LogP contribution is -2.29. The third kappa shape index (κ3) is 4.57. The van der Waals surface area contributed by atoms with Crippen molar-refractivity contribution in [3.8, 4) is 0 Å². The Bertz CT molecular complexity index is 570. The van der Waals surface area contributed by atoms with Gasteiger partial charge in [0.05, 0.1) is 18.6 Å². The predicted molar refractivity (Wildman–Crippen MR) is 80.3 cm³/mol. The van der Waals surface area contributed by atoms with Crippen LogP contribution in [0.3, 0.4) is 0 Å². The topological polar surface area (TPSA) is 71.3 Å². The number of anilines is 1. The van der Waals surface area contributed by atoms with Crippen LogP contribution in [0, 0.1) is 6.92 Å². The molecule has 0 spiro atoms. The first-order valence-corrected chi connectivity index (χ1v) is 7.95. The van der Waals surface area contributed by atoms with Gasteiger partial charge in [0.2, 0.25) is 0 Å². The Hall–Kier alpha value is -1.47. The summed E-state index contributed by atoms with van der Waals surface area (Å²) in [6.07, 6.45) is 0. The van der Waals surface area contributed by atoms with Crippen molar-refractivity contribution < 1.29 is 12.6 Å². The molecule has 0 N–H and O–H groups in total. The summed E-state index contributed by atoms with van der Waals surface area (Å²) in [5.74, 6) is -0.0349. The number of hydrogen-bond acceptors (Lipinski definition) is 6. The molecule has 0 bridgehead atoms. The van der Waals surface area contributed by atoms with Crippen LogP contribution in [0.4, 0.5) is 11.4 Å². The minimum Gasteiger partial charge on any atom is -0.371 e. The van der Waals surface area contributed by atoms with Crippen molar-refractivity contribution in [1.82, 2.24) is 0 Å². The summed E-state index contributed by atoms with van der Waals surface area (Å²) < 4.78 is 27.2. The number of azo groups is 1. The van der Waals surface area contributed by atoms with Gasteiger partial charge in [0.25, 0.3) is 10.1 Å². The van der Waals surface area contributed by atoms with Crippen molar-refractivity contribution in [2.24, 2.45) is 10.2 Å². The first kappa shape index (κ1) is 16.6. The van der Waals surface area contributed by atoms with E-state index < -0.39 is 10.1 Å². The average Bonchev–Trinajstić information content (AvgIpc) is 2.42. The SMILES string of the molecule is CCN(CCS(=O)(=O)OC)c1ccc(N=NC)c(C)c1. The quantitative estimate of drug-likeness (QED) is 0.573. The Labute approximate surface area is 120 Å². The lowest BCUT2D eigenvalue weighted by atomic mass is 10.1. The summed E-state index contributed by atoms with van der Waals surface area (Å²) in [4.78, 5) is 1.98. The van der Waals surface area contributed by atoms with Crippen LogP contribution >= 0.6 is 0 Å². The van der Waals surface area contributed by atoms with Crippen LogP contribution < -0.4 is 4.90 Å². The third-order valence-electron chi connectivity index (χ3n) is 3.00. The molecule has 112 valence electrons. The molecule has 0 aliphatic carbocycles. The minimum atomic E-state index is -3.43. The molecular weight excluding hydrogens is 278 g/mol. The van der Waals surface area contributed by atoms with E-state index in [9.17, 15) is 8.42 Å². The molecule has 0 fully saturated rings. The summed E-state index contributed by atoms with van der Waals surface area (Å²) >= 11 is 0. The van der Waals surface area contributed by atoms with Gasteiger partial charge in [-0.15, -0.1) is 0 Å². The first-order valence-electron chi connectivity index (χ1n) is 6.37. The Morgan fingerprint density at radius 2 is 2.05 bits per heavy atom. The van der Waals surface area contributed by atoms with E-state index in [-0.39, 0.29) is 5.75 Å². The Morgan fingerprint density at radius 3 is 2.55 bits per heavy atom. The van der Waals surface area contributed by atoms with Crippen LogP contribution in [-0.2, 0) is 14.3 Å². The summed E-state index contributed by atoms with van der Waals surface area (Å²) in [6.45, 7) is 5.04. The molecule has 0 aromatic heterocycles. The molecule has 1 aromatic rings. The van der Waals surface area contributed by atoms with E-state index in [4.69, 9.17) is 0 Å². The fourth-order valence-electron chi connectivity index (χ4n) is 1.83. The number of aryl methyl sites for hydroxylation is 1. The first-order chi connectivity index (χ1) is 9.43. The van der Waals surface area contributed by atoms with Crippen LogP contribution in [0.25, 0.3) is 0 Å². The maximum absolute atomic E-state index is 11.4. The monoisotopic (exact) mass is 299 g/mol. The van der Waals surface area contributed by atoms with E-state index >= 15 is 0 Å². The summed E-state index contributed by atoms with van der Waals surface area (Å²) in [7, 11) is -0.628. The van der Waals surface area contributed by atoms with Crippen LogP contribution in [0.5, 0.6) is 0 Å². The molecule has 20 heavy (non-hydrogen) atoms. The molecule has 6 nitrogen and oxygen atoms in total. The van der Waals surface area contributed by atoms with Gasteiger partial charge in [-0.05, 0) is 37.6 Å². The van der Waals surface area contributed by atoms with E-state index in [2.05, 4.69) is 14.4 Å². The van der Waals surface area contributed by atoms with Crippen LogP contribution in [-0.4, -0.2) is 41.4 Å². The van der Waals surface area contributed by atoms with Gasteiger partial charge in [-0.3, -0.25) is 4.18 Å². The second-order valence-corrected chi connectivity index (χ2v) is 6.14. The van der Waals surface area contributed by atoms with E-state index in [1.54, 1.807) is 7.05 Å². The normalized spacial score (nSPS) is 12.0. The van der Waals surface area contributed by atoms with Crippen molar-refractivity contribution >= 4 is 21.5 Å². The number of rotatable bonds is 7. The van der Waals surface area contributed by atoms with Gasteiger partial charge in [-0.1, -0.05) is 0 Å². The summed E-state index contributed by atoms with van der Waals surface area (Å²) in [5.41, 5.74) is 2.78. The van der Waals surface area contributed by atoms with Gasteiger partial charge in [-0.2, -0.15) is 18.6 Å². The summed E-state index contributed by atoms with van der Waals surface area (Å²) in [5, 5.41) is 7.78. The van der Waals surface area contributed by atoms with Crippen molar-refractivity contribution in [1.29, 1.82) is 0 Å². The molecule has 0 heterocycles. The summed E-state index contributed by atoms with van der Waals surface area (Å²) in [6, 6.07) is 5.78. The molecule has 1 rings (SSSR count). The van der Waals surface area contributed by atoms with Crippen molar-refractivity contribution in [3.05, 3.63) is 23.8 Å². The van der Waals surface area contributed by atoms with Gasteiger partial charge in [0.15, 0.2) is 0 Å². The van der Waals surface area contributed by atoms with Crippen molar-refractivity contribution in [3.63, 3.8) is 0 Å². The molecular formula is C13H21N3O3S. The second-order valence-electron chi connectivity index (χ2n) is 4.28. The maximum atomic E-state index is 11.4. The second kappa shape index (κ2) is 7.35. The predicted octanol–water partition coefficient (Wildman–Crippen LogP) is 2.51. The third-order valence-corrected chi connectivity index (χ3v) is 4.19. The Kier molecular flexibility index (Phi) is 6.09. The van der Waals surface area contributed by atoms with Gasteiger partial charge < -0.3 is 4.90 Å². The van der Waals surface area contributed by atoms with Crippen molar-refractivity contribution in [2.75, 3.05) is 37.9 Å². The lowest BCUT2D eigenvalue weighted by Gasteiger charge is -2.23. The molecule has 0 atom stereocenters. The molecule has 1 aromatic carbocycles. The van der Waals surface area contributed by atoms with Gasteiger partial charge in [0, 0.05) is 25.8 Å². The fraction of sp³-hybridized carbons (Fsp3) is 0.538. The van der Waals surface area contributed by atoms with Crippen molar-refractivity contribution in [2.45, 2.75) is 13.8 Å². The van der Waals surface area contributed by atoms with Gasteiger partial charge in [0.1, 0.15) is 0 Å². The minimum absolute atomic E-state index is 0.0349. The molecule has 0 saturated heterocycles. The number of hydrogen-bond donors (Lipinski definition) is 0. The molecule has 0 saturated carbocycles. The largest absolute Gasteiger partial charge is 0.371 e. The molecule has 0 radical (unpaired) electrons. The molecule has 0 unspecified atom stereocenters. The highest BCUT2D eigenvalue weighted by atomic mass is 32.2. The Morgan fingerprint density at radius 1 is 1.35 bits per heavy atom. The zero-order chi connectivity index (χ0) is 15.2. The number of benzene rings is 1. The maximum Gasteiger partial charge on any atom is 0.268 e. The van der Waals surface area contributed by atoms with Crippen LogP contribution in [0.1, 0.15) is 12.5 Å². The lowest BCUT2D eigenvalue weighted by molar-refractivity contribution is 0.397. The smallest absolute Gasteiger partial charge is 0.268 e. The van der Waals surface area contributed by atoms with E-state index in [0.29, 0.717) is 13.1 Å². The zero-order valence-corrected chi connectivity index (χ0v) is 13.1. The van der Waals surface area contributed by atoms with E-state index in [1.807, 2.05) is 36.9 Å². The highest BCUT2D eigenvalue weighted by Crippen LogP contribution is 2.25. The van der Waals surface area contributed by atoms with Crippen LogP contribution in [0.15, 0.2) is 28.4 Å². The molecule has 0 amide bonds. The Balaban J connectivity index is 2.88. The van der Waals surface area contributed by atoms with E-state index in [0.717, 1.165) is 16.9 Å². The van der Waals surface area contributed by atoms with Crippen LogP contribution in [0.2, 0.25) is 0 Å². The highest BCUT2D eigenvalue weighted by molar-refractivity contribution is 7.86. The molecule has 0 aliphatic rings. The molecule has 7 heteroatoms. The standard InChI is InChI=1S/C13H21N3O3S/c1-5-16(8-9-20(17,18)19-4)12-6-7-13(15-14-3)11(2)10-12/h6-7,10H,5,8-9H2,1-4H3. The van der Waals surface area contributed by atoms with Gasteiger partial charge >= 0.3 is 0 Å². The highest BCUT2D eigenvalue weighted by Gasteiger charge is 2.13. The number of nitrogens with zero attached hydrogens (tertiary/aromatic N) is 3. The van der Waals surface area contributed by atoms with E-state index in [1.165, 1.54) is 7.11 Å². The van der Waals surface area contributed by atoms with Gasteiger partial charge in [-0.25, -0.2) is 0 Å².